The topological polar surface area (TPSA) is 29.3 Å². The molecule has 0 aromatic carbocycles. The molecule has 0 bridgehead atoms. The van der Waals surface area contributed by atoms with Gasteiger partial charge in [-0.2, -0.15) is 0 Å². The van der Waals surface area contributed by atoms with Gasteiger partial charge in [0.2, 0.25) is 0 Å². The fourth-order valence-electron chi connectivity index (χ4n) is 3.14. The molecule has 0 aliphatic heterocycles. The Morgan fingerprint density at radius 2 is 1.86 bits per heavy atom. The van der Waals surface area contributed by atoms with Crippen molar-refractivity contribution in [3.05, 3.63) is 28.5 Å². The highest BCUT2D eigenvalue weighted by Crippen LogP contribution is 2.31. The molecular formula is C17H26BrN3. The summed E-state index contributed by atoms with van der Waals surface area (Å²) in [5, 5.41) is 3.72. The lowest BCUT2D eigenvalue weighted by Gasteiger charge is -2.34. The van der Waals surface area contributed by atoms with Crippen molar-refractivity contribution in [3.8, 4) is 0 Å². The lowest BCUT2D eigenvalue weighted by atomic mass is 9.82. The first-order chi connectivity index (χ1) is 9.61. The zero-order valence-electron chi connectivity index (χ0n) is 13.9. The quantitative estimate of drug-likeness (QED) is 0.811. The van der Waals surface area contributed by atoms with E-state index < -0.39 is 0 Å². The molecule has 0 fully saturated rings. The number of anilines is 1. The summed E-state index contributed by atoms with van der Waals surface area (Å²) in [6, 6.07) is 4.08. The van der Waals surface area contributed by atoms with E-state index in [-0.39, 0.29) is 11.0 Å². The van der Waals surface area contributed by atoms with Crippen LogP contribution in [0.25, 0.3) is 5.65 Å². The van der Waals surface area contributed by atoms with Crippen LogP contribution >= 0.6 is 15.9 Å². The second-order valence-corrected chi connectivity index (χ2v) is 8.50. The summed E-state index contributed by atoms with van der Waals surface area (Å²) >= 11 is 3.55. The van der Waals surface area contributed by atoms with Crippen molar-refractivity contribution in [2.75, 3.05) is 5.32 Å². The zero-order chi connectivity index (χ0) is 15.8. The van der Waals surface area contributed by atoms with Crippen LogP contribution in [-0.4, -0.2) is 14.9 Å². The van der Waals surface area contributed by atoms with Crippen molar-refractivity contribution in [1.29, 1.82) is 0 Å². The minimum Gasteiger partial charge on any atom is -0.365 e. The van der Waals surface area contributed by atoms with Crippen LogP contribution < -0.4 is 5.32 Å². The summed E-state index contributed by atoms with van der Waals surface area (Å²) in [7, 11) is 0. The lowest BCUT2D eigenvalue weighted by molar-refractivity contribution is 0.302. The van der Waals surface area contributed by atoms with E-state index in [1.165, 1.54) is 0 Å². The van der Waals surface area contributed by atoms with Crippen LogP contribution in [0.2, 0.25) is 0 Å². The van der Waals surface area contributed by atoms with Gasteiger partial charge in [0.25, 0.3) is 0 Å². The Bertz CT molecular complexity index is 635. The third-order valence-electron chi connectivity index (χ3n) is 3.42. The molecule has 0 saturated carbocycles. The lowest BCUT2D eigenvalue weighted by Crippen LogP contribution is -2.36. The predicted octanol–water partition coefficient (Wildman–Crippen LogP) is 5.29. The Labute approximate surface area is 136 Å². The Balaban J connectivity index is 2.43. The SMILES string of the molecule is CCc1nc2ccc(Br)cn2c1NC(C)(C)CC(C)(C)C. The zero-order valence-corrected chi connectivity index (χ0v) is 15.5. The van der Waals surface area contributed by atoms with E-state index in [1.807, 2.05) is 12.1 Å². The molecule has 2 heterocycles. The fourth-order valence-corrected chi connectivity index (χ4v) is 3.47. The number of imidazole rings is 1. The van der Waals surface area contributed by atoms with Crippen LogP contribution in [-0.2, 0) is 6.42 Å². The molecule has 3 nitrogen and oxygen atoms in total. The van der Waals surface area contributed by atoms with Gasteiger partial charge in [-0.25, -0.2) is 4.98 Å². The van der Waals surface area contributed by atoms with Gasteiger partial charge in [0, 0.05) is 16.2 Å². The van der Waals surface area contributed by atoms with Gasteiger partial charge in [0.15, 0.2) is 0 Å². The second kappa shape index (κ2) is 5.64. The fraction of sp³-hybridized carbons (Fsp3) is 0.588. The number of nitrogens with one attached hydrogen (secondary N) is 1. The van der Waals surface area contributed by atoms with Gasteiger partial charge in [0.1, 0.15) is 11.5 Å². The Morgan fingerprint density at radius 1 is 1.19 bits per heavy atom. The molecule has 1 N–H and O–H groups in total. The van der Waals surface area contributed by atoms with E-state index in [1.54, 1.807) is 0 Å². The number of aryl methyl sites for hydroxylation is 1. The number of halogens is 1. The molecule has 0 aliphatic carbocycles. The van der Waals surface area contributed by atoms with E-state index in [4.69, 9.17) is 4.98 Å². The highest BCUT2D eigenvalue weighted by atomic mass is 79.9. The number of pyridine rings is 1. The molecule has 2 aromatic rings. The summed E-state index contributed by atoms with van der Waals surface area (Å²) in [6.45, 7) is 13.5. The maximum atomic E-state index is 4.73. The average molecular weight is 352 g/mol. The molecule has 0 atom stereocenters. The van der Waals surface area contributed by atoms with E-state index in [0.29, 0.717) is 0 Å². The van der Waals surface area contributed by atoms with E-state index in [0.717, 1.165) is 34.5 Å². The minimum absolute atomic E-state index is 0.0143. The first kappa shape index (κ1) is 16.3. The first-order valence-electron chi connectivity index (χ1n) is 7.56. The standard InChI is InChI=1S/C17H26BrN3/c1-7-13-15(20-17(5,6)11-16(2,3)4)21-10-12(18)8-9-14(21)19-13/h8-10,20H,7,11H2,1-6H3. The maximum Gasteiger partial charge on any atom is 0.138 e. The van der Waals surface area contributed by atoms with Crippen molar-refractivity contribution in [2.45, 2.75) is 59.9 Å². The van der Waals surface area contributed by atoms with Gasteiger partial charge < -0.3 is 5.32 Å². The van der Waals surface area contributed by atoms with Crippen LogP contribution in [0.15, 0.2) is 22.8 Å². The number of hydrogen-bond donors (Lipinski definition) is 1. The summed E-state index contributed by atoms with van der Waals surface area (Å²) in [5.74, 6) is 1.11. The van der Waals surface area contributed by atoms with E-state index in [9.17, 15) is 0 Å². The summed E-state index contributed by atoms with van der Waals surface area (Å²) in [6.07, 6.45) is 4.09. The van der Waals surface area contributed by atoms with Gasteiger partial charge in [-0.3, -0.25) is 4.40 Å². The monoisotopic (exact) mass is 351 g/mol. The van der Waals surface area contributed by atoms with Crippen molar-refractivity contribution in [2.24, 2.45) is 5.41 Å². The number of hydrogen-bond acceptors (Lipinski definition) is 2. The largest absolute Gasteiger partial charge is 0.365 e. The Morgan fingerprint density at radius 3 is 2.43 bits per heavy atom. The van der Waals surface area contributed by atoms with Crippen LogP contribution in [0.4, 0.5) is 5.82 Å². The van der Waals surface area contributed by atoms with E-state index in [2.05, 4.69) is 73.4 Å². The molecular weight excluding hydrogens is 326 g/mol. The van der Waals surface area contributed by atoms with Crippen LogP contribution in [0.3, 0.4) is 0 Å². The molecule has 0 aliphatic rings. The molecule has 0 amide bonds. The Kier molecular flexibility index (Phi) is 4.39. The average Bonchev–Trinajstić information content (AvgIpc) is 2.63. The van der Waals surface area contributed by atoms with Crippen molar-refractivity contribution in [3.63, 3.8) is 0 Å². The molecule has 0 unspecified atom stereocenters. The Hall–Kier alpha value is -1.03. The van der Waals surface area contributed by atoms with Crippen molar-refractivity contribution >= 4 is 27.4 Å². The predicted molar refractivity (Wildman–Crippen MR) is 94.0 cm³/mol. The van der Waals surface area contributed by atoms with E-state index >= 15 is 0 Å². The number of fused-ring (bicyclic) bond motifs is 1. The molecule has 0 saturated heterocycles. The van der Waals surface area contributed by atoms with Gasteiger partial charge in [-0.05, 0) is 60.2 Å². The van der Waals surface area contributed by atoms with Gasteiger partial charge in [-0.15, -0.1) is 0 Å². The third kappa shape index (κ3) is 4.00. The summed E-state index contributed by atoms with van der Waals surface area (Å²) in [5.41, 5.74) is 2.41. The summed E-state index contributed by atoms with van der Waals surface area (Å²) < 4.78 is 3.21. The minimum atomic E-state index is 0.0143. The molecule has 2 rings (SSSR count). The first-order valence-corrected chi connectivity index (χ1v) is 8.35. The highest BCUT2D eigenvalue weighted by molar-refractivity contribution is 9.10. The summed E-state index contributed by atoms with van der Waals surface area (Å²) in [4.78, 5) is 4.73. The molecule has 2 aromatic heterocycles. The van der Waals surface area contributed by atoms with Crippen LogP contribution in [0.5, 0.6) is 0 Å². The van der Waals surface area contributed by atoms with Crippen LogP contribution in [0, 0.1) is 5.41 Å². The molecule has 116 valence electrons. The maximum absolute atomic E-state index is 4.73. The van der Waals surface area contributed by atoms with Gasteiger partial charge in [0.05, 0.1) is 5.69 Å². The number of nitrogens with zero attached hydrogens (tertiary/aromatic N) is 2. The second-order valence-electron chi connectivity index (χ2n) is 7.58. The number of aromatic nitrogens is 2. The molecule has 0 spiro atoms. The van der Waals surface area contributed by atoms with Crippen LogP contribution in [0.1, 0.15) is 53.7 Å². The van der Waals surface area contributed by atoms with Crippen molar-refractivity contribution in [1.82, 2.24) is 9.38 Å². The third-order valence-corrected chi connectivity index (χ3v) is 3.89. The molecule has 0 radical (unpaired) electrons. The number of rotatable bonds is 4. The molecule has 4 heteroatoms. The highest BCUT2D eigenvalue weighted by Gasteiger charge is 2.27. The van der Waals surface area contributed by atoms with Gasteiger partial charge >= 0.3 is 0 Å². The van der Waals surface area contributed by atoms with Crippen molar-refractivity contribution < 1.29 is 0 Å². The molecule has 21 heavy (non-hydrogen) atoms. The smallest absolute Gasteiger partial charge is 0.138 e. The normalized spacial score (nSPS) is 12.9. The van der Waals surface area contributed by atoms with Gasteiger partial charge in [-0.1, -0.05) is 27.7 Å².